The lowest BCUT2D eigenvalue weighted by molar-refractivity contribution is -0.211. The molecule has 1 atom stereocenters. The zero-order valence-corrected chi connectivity index (χ0v) is 28.1. The summed E-state index contributed by atoms with van der Waals surface area (Å²) in [5.41, 5.74) is -1.62. The molecule has 1 saturated carbocycles. The van der Waals surface area contributed by atoms with Crippen LogP contribution < -0.4 is 20.9 Å². The van der Waals surface area contributed by atoms with Crippen LogP contribution in [0.15, 0.2) is 18.2 Å². The molecule has 18 heteroatoms. The number of rotatable bonds is 8. The molecule has 0 spiro atoms. The number of imidazole rings is 1. The number of halogens is 9. The number of amides is 2. The van der Waals surface area contributed by atoms with Gasteiger partial charge in [-0.15, -0.1) is 0 Å². The number of hydrogen-bond acceptors (Lipinski definition) is 6. The van der Waals surface area contributed by atoms with E-state index in [9.17, 15) is 40.3 Å². The summed E-state index contributed by atoms with van der Waals surface area (Å²) in [5, 5.41) is 8.21. The first kappa shape index (κ1) is 36.7. The molecule has 1 aliphatic heterocycles. The number of hydrogen-bond donors (Lipinski definition) is 3. The van der Waals surface area contributed by atoms with Gasteiger partial charge in [-0.05, 0) is 63.6 Å². The van der Waals surface area contributed by atoms with Crippen molar-refractivity contribution in [2.24, 2.45) is 18.4 Å². The maximum Gasteiger partial charge on any atom is 0.402 e. The van der Waals surface area contributed by atoms with E-state index in [2.05, 4.69) is 25.9 Å². The maximum atomic E-state index is 14.3. The lowest BCUT2D eigenvalue weighted by Gasteiger charge is -2.30. The highest BCUT2D eigenvalue weighted by molar-refractivity contribution is 6.39. The van der Waals surface area contributed by atoms with E-state index in [0.717, 1.165) is 13.8 Å². The summed E-state index contributed by atoms with van der Waals surface area (Å²) in [5.74, 6) is -2.88. The van der Waals surface area contributed by atoms with Gasteiger partial charge in [0, 0.05) is 26.2 Å². The van der Waals surface area contributed by atoms with Crippen LogP contribution in [0.25, 0.3) is 11.2 Å². The van der Waals surface area contributed by atoms with Crippen molar-refractivity contribution in [2.75, 3.05) is 23.3 Å². The van der Waals surface area contributed by atoms with Crippen LogP contribution >= 0.6 is 23.2 Å². The fourth-order valence-corrected chi connectivity index (χ4v) is 6.38. The number of fused-ring (bicyclic) bond motifs is 1. The van der Waals surface area contributed by atoms with Crippen LogP contribution in [0.3, 0.4) is 0 Å². The molecule has 1 aliphatic carbocycles. The van der Waals surface area contributed by atoms with Crippen LogP contribution in [0.2, 0.25) is 10.0 Å². The predicted octanol–water partition coefficient (Wildman–Crippen LogP) is 7.62. The Morgan fingerprint density at radius 3 is 2.27 bits per heavy atom. The molecule has 5 rings (SSSR count). The summed E-state index contributed by atoms with van der Waals surface area (Å²) >= 11 is 13.0. The minimum atomic E-state index is -4.78. The monoisotopic (exact) mass is 739 g/mol. The Morgan fingerprint density at radius 2 is 1.67 bits per heavy atom. The van der Waals surface area contributed by atoms with Crippen LogP contribution in [-0.4, -0.2) is 64.0 Å². The van der Waals surface area contributed by atoms with Crippen LogP contribution in [0.1, 0.15) is 61.9 Å². The van der Waals surface area contributed by atoms with Gasteiger partial charge >= 0.3 is 12.4 Å². The number of nitrogens with one attached hydrogen (secondary N) is 3. The quantitative estimate of drug-likeness (QED) is 0.206. The number of benzene rings is 1. The summed E-state index contributed by atoms with van der Waals surface area (Å²) < 4.78 is 95.3. The van der Waals surface area contributed by atoms with Crippen LogP contribution in [-0.2, 0) is 18.4 Å². The minimum Gasteiger partial charge on any atom is -0.353 e. The van der Waals surface area contributed by atoms with E-state index < -0.39 is 47.7 Å². The van der Waals surface area contributed by atoms with E-state index >= 15 is 0 Å². The molecule has 1 saturated heterocycles. The Labute approximate surface area is 286 Å². The van der Waals surface area contributed by atoms with Crippen molar-refractivity contribution in [1.82, 2.24) is 25.2 Å². The van der Waals surface area contributed by atoms with Gasteiger partial charge in [0.25, 0.3) is 5.91 Å². The Hall–Kier alpha value is -3.53. The standard InChI is InChI=1S/C31H34Cl2F7N7O2/c1-29(2,31(38,39)40)27(49)41-13-15-4-9-20(32)23(22(15)33)44-28-43-21-12-19(24(45-25(21)46(28)3)47-11-10-17(34)14-47)26(48)42-18-7-5-16(6-8-18)30(35,36)37/h4,9,12,16-18H,5-8,10-11,13-14H2,1-3H3,(H,41,49)(H,42,48)(H,43,44)/t16-,17-,18-/m1/s1. The Kier molecular flexibility index (Phi) is 10.2. The van der Waals surface area contributed by atoms with Crippen LogP contribution in [0.5, 0.6) is 0 Å². The Balaban J connectivity index is 1.41. The van der Waals surface area contributed by atoms with E-state index in [4.69, 9.17) is 23.2 Å². The minimum absolute atomic E-state index is 0.00434. The molecule has 0 radical (unpaired) electrons. The van der Waals surface area contributed by atoms with E-state index in [1.54, 1.807) is 11.9 Å². The van der Waals surface area contributed by atoms with Gasteiger partial charge in [-0.1, -0.05) is 29.3 Å². The maximum absolute atomic E-state index is 14.3. The topological polar surface area (TPSA) is 104 Å². The molecule has 2 aliphatic rings. The van der Waals surface area contributed by atoms with Crippen molar-refractivity contribution in [3.8, 4) is 0 Å². The number of carbonyl (C=O) groups excluding carboxylic acids is 2. The molecule has 2 fully saturated rings. The molecule has 49 heavy (non-hydrogen) atoms. The number of aromatic nitrogens is 3. The van der Waals surface area contributed by atoms with E-state index in [1.165, 1.54) is 22.8 Å². The SMILES string of the molecule is Cn1c(Nc2c(Cl)ccc(CNC(=O)C(C)(C)C(F)(F)F)c2Cl)nc2cc(C(=O)N[C@H]3CC[C@H](C(F)(F)F)CC3)c(N3CC[C@@H](F)C3)nc21. The molecule has 0 unspecified atom stereocenters. The van der Waals surface area contributed by atoms with Gasteiger partial charge in [-0.2, -0.15) is 26.3 Å². The molecular weight excluding hydrogens is 706 g/mol. The molecule has 2 amide bonds. The van der Waals surface area contributed by atoms with Gasteiger partial charge in [-0.3, -0.25) is 14.2 Å². The van der Waals surface area contributed by atoms with Gasteiger partial charge in [0.2, 0.25) is 11.9 Å². The Bertz CT molecular complexity index is 1740. The van der Waals surface area contributed by atoms with Gasteiger partial charge in [0.15, 0.2) is 5.65 Å². The van der Waals surface area contributed by atoms with E-state index in [0.29, 0.717) is 5.65 Å². The first-order chi connectivity index (χ1) is 22.8. The third kappa shape index (κ3) is 7.64. The summed E-state index contributed by atoms with van der Waals surface area (Å²) in [7, 11) is 1.61. The molecule has 3 heterocycles. The number of pyridine rings is 1. The molecule has 3 aromatic rings. The third-order valence-corrected chi connectivity index (χ3v) is 9.90. The lowest BCUT2D eigenvalue weighted by atomic mass is 9.85. The summed E-state index contributed by atoms with van der Waals surface area (Å²) in [4.78, 5) is 36.7. The molecule has 268 valence electrons. The lowest BCUT2D eigenvalue weighted by Crippen LogP contribution is -2.46. The van der Waals surface area contributed by atoms with Gasteiger partial charge in [0.05, 0.1) is 33.8 Å². The third-order valence-electron chi connectivity index (χ3n) is 9.15. The number of carbonyl (C=O) groups is 2. The van der Waals surface area contributed by atoms with Crippen molar-refractivity contribution in [2.45, 2.75) is 77.1 Å². The highest BCUT2D eigenvalue weighted by Crippen LogP contribution is 2.40. The largest absolute Gasteiger partial charge is 0.402 e. The Morgan fingerprint density at radius 1 is 1.00 bits per heavy atom. The average Bonchev–Trinajstić information content (AvgIpc) is 3.59. The smallest absolute Gasteiger partial charge is 0.353 e. The number of nitrogens with zero attached hydrogens (tertiary/aromatic N) is 4. The fourth-order valence-electron chi connectivity index (χ4n) is 5.84. The average molecular weight is 741 g/mol. The van der Waals surface area contributed by atoms with Crippen molar-refractivity contribution in [3.05, 3.63) is 39.4 Å². The van der Waals surface area contributed by atoms with Crippen molar-refractivity contribution >= 4 is 63.6 Å². The van der Waals surface area contributed by atoms with E-state index in [-0.39, 0.29) is 95.9 Å². The van der Waals surface area contributed by atoms with Crippen molar-refractivity contribution < 1.29 is 40.3 Å². The van der Waals surface area contributed by atoms with Crippen molar-refractivity contribution in [1.29, 1.82) is 0 Å². The van der Waals surface area contributed by atoms with Gasteiger partial charge < -0.3 is 20.9 Å². The molecular formula is C31H34Cl2F7N7O2. The zero-order valence-electron chi connectivity index (χ0n) is 26.6. The molecule has 1 aromatic carbocycles. The van der Waals surface area contributed by atoms with Crippen LogP contribution in [0, 0.1) is 11.3 Å². The van der Waals surface area contributed by atoms with Crippen molar-refractivity contribution in [3.63, 3.8) is 0 Å². The predicted molar refractivity (Wildman–Crippen MR) is 171 cm³/mol. The normalized spacial score (nSPS) is 20.5. The molecule has 3 N–H and O–H groups in total. The second-order valence-corrected chi connectivity index (χ2v) is 13.7. The summed E-state index contributed by atoms with van der Waals surface area (Å²) in [6.45, 7) is 1.47. The van der Waals surface area contributed by atoms with Gasteiger partial charge in [0.1, 0.15) is 22.9 Å². The van der Waals surface area contributed by atoms with Crippen LogP contribution in [0.4, 0.5) is 48.2 Å². The number of anilines is 3. The van der Waals surface area contributed by atoms with Gasteiger partial charge in [-0.25, -0.2) is 14.4 Å². The molecule has 2 aromatic heterocycles. The van der Waals surface area contributed by atoms with E-state index in [1.807, 2.05) is 0 Å². The molecule has 9 nitrogen and oxygen atoms in total. The first-order valence-corrected chi connectivity index (χ1v) is 16.3. The molecule has 0 bridgehead atoms. The number of aryl methyl sites for hydroxylation is 1. The second-order valence-electron chi connectivity index (χ2n) is 12.9. The highest BCUT2D eigenvalue weighted by Gasteiger charge is 2.52. The first-order valence-electron chi connectivity index (χ1n) is 15.5. The highest BCUT2D eigenvalue weighted by atomic mass is 35.5. The number of alkyl halides is 7. The second kappa shape index (κ2) is 13.6. The fraction of sp³-hybridized carbons (Fsp3) is 0.548. The zero-order chi connectivity index (χ0) is 36.1. The summed E-state index contributed by atoms with van der Waals surface area (Å²) in [6.07, 6.45) is -9.89. The summed E-state index contributed by atoms with van der Waals surface area (Å²) in [6, 6.07) is 3.89.